The Labute approximate surface area is 135 Å². The number of nitrogens with zero attached hydrogens (tertiary/aromatic N) is 1. The van der Waals surface area contributed by atoms with Crippen molar-refractivity contribution in [3.8, 4) is 0 Å². The summed E-state index contributed by atoms with van der Waals surface area (Å²) < 4.78 is 0. The molecule has 0 bridgehead atoms. The van der Waals surface area contributed by atoms with Crippen molar-refractivity contribution in [1.82, 2.24) is 5.32 Å². The largest absolute Gasteiger partial charge is 0.349 e. The third-order valence-corrected chi connectivity index (χ3v) is 3.82. The third-order valence-electron chi connectivity index (χ3n) is 3.82. The number of benzene rings is 2. The molecule has 0 spiro atoms. The quantitative estimate of drug-likeness (QED) is 0.677. The summed E-state index contributed by atoms with van der Waals surface area (Å²) in [4.78, 5) is 22.8. The molecule has 23 heavy (non-hydrogen) atoms. The molecular weight excluding hydrogens is 292 g/mol. The predicted molar refractivity (Wildman–Crippen MR) is 89.3 cm³/mol. The Morgan fingerprint density at radius 2 is 1.91 bits per heavy atom. The molecule has 2 aromatic rings. The molecule has 2 aromatic carbocycles. The molecule has 5 nitrogen and oxygen atoms in total. The van der Waals surface area contributed by atoms with Crippen molar-refractivity contribution in [1.29, 1.82) is 0 Å². The smallest absolute Gasteiger partial charge is 0.273 e. The first-order valence-electron chi connectivity index (χ1n) is 7.47. The first-order chi connectivity index (χ1) is 10.9. The van der Waals surface area contributed by atoms with E-state index in [1.165, 1.54) is 6.07 Å². The van der Waals surface area contributed by atoms with Gasteiger partial charge in [0.2, 0.25) is 5.91 Å². The minimum atomic E-state index is -0.462. The average molecular weight is 312 g/mol. The average Bonchev–Trinajstić information content (AvgIpc) is 2.49. The zero-order chi connectivity index (χ0) is 17.0. The summed E-state index contributed by atoms with van der Waals surface area (Å²) in [5.41, 5.74) is 3.69. The van der Waals surface area contributed by atoms with E-state index < -0.39 is 4.92 Å². The molecule has 0 aromatic heterocycles. The lowest BCUT2D eigenvalue weighted by Crippen LogP contribution is -2.28. The summed E-state index contributed by atoms with van der Waals surface area (Å²) in [6, 6.07) is 12.3. The number of nitro benzene ring substituents is 1. The molecule has 0 aliphatic rings. The molecule has 1 unspecified atom stereocenters. The normalized spacial score (nSPS) is 11.8. The van der Waals surface area contributed by atoms with Crippen molar-refractivity contribution < 1.29 is 9.72 Å². The van der Waals surface area contributed by atoms with Crippen molar-refractivity contribution in [3.63, 3.8) is 0 Å². The summed E-state index contributed by atoms with van der Waals surface area (Å²) in [7, 11) is 0. The van der Waals surface area contributed by atoms with Gasteiger partial charge in [-0.1, -0.05) is 42.0 Å². The van der Waals surface area contributed by atoms with Gasteiger partial charge in [0.1, 0.15) is 0 Å². The zero-order valence-corrected chi connectivity index (χ0v) is 13.5. The van der Waals surface area contributed by atoms with Crippen LogP contribution in [-0.2, 0) is 11.2 Å². The predicted octanol–water partition coefficient (Wildman–Crippen LogP) is 3.63. The number of carbonyl (C=O) groups excluding carboxylic acids is 1. The fourth-order valence-electron chi connectivity index (χ4n) is 2.61. The second-order valence-electron chi connectivity index (χ2n) is 5.71. The Hall–Kier alpha value is -2.69. The van der Waals surface area contributed by atoms with E-state index in [1.807, 2.05) is 39.0 Å². The van der Waals surface area contributed by atoms with Crippen LogP contribution in [-0.4, -0.2) is 10.8 Å². The number of aryl methyl sites for hydroxylation is 2. The zero-order valence-electron chi connectivity index (χ0n) is 13.5. The Morgan fingerprint density at radius 3 is 2.61 bits per heavy atom. The first kappa shape index (κ1) is 16.7. The molecule has 0 heterocycles. The van der Waals surface area contributed by atoms with E-state index in [1.54, 1.807) is 18.2 Å². The Kier molecular flexibility index (Phi) is 5.11. The second kappa shape index (κ2) is 7.05. The van der Waals surface area contributed by atoms with Crippen LogP contribution in [0, 0.1) is 24.0 Å². The van der Waals surface area contributed by atoms with Crippen LogP contribution in [0.15, 0.2) is 42.5 Å². The van der Waals surface area contributed by atoms with Crippen LogP contribution in [0.5, 0.6) is 0 Å². The van der Waals surface area contributed by atoms with E-state index in [2.05, 4.69) is 5.32 Å². The molecule has 0 saturated carbocycles. The molecular formula is C18H20N2O3. The lowest BCUT2D eigenvalue weighted by atomic mass is 9.99. The van der Waals surface area contributed by atoms with Gasteiger partial charge in [-0.15, -0.1) is 0 Å². The van der Waals surface area contributed by atoms with Crippen molar-refractivity contribution in [2.45, 2.75) is 33.2 Å². The van der Waals surface area contributed by atoms with Gasteiger partial charge in [0.05, 0.1) is 17.4 Å². The number of para-hydroxylation sites is 1. The number of rotatable bonds is 5. The highest BCUT2D eigenvalue weighted by Gasteiger charge is 2.17. The van der Waals surface area contributed by atoms with Gasteiger partial charge in [-0.05, 0) is 31.9 Å². The maximum atomic E-state index is 12.2. The first-order valence-corrected chi connectivity index (χ1v) is 7.47. The molecule has 1 amide bonds. The summed E-state index contributed by atoms with van der Waals surface area (Å²) in [6.07, 6.45) is -0.00758. The minimum absolute atomic E-state index is 0.00758. The van der Waals surface area contributed by atoms with Crippen LogP contribution in [0.25, 0.3) is 0 Å². The SMILES string of the molecule is Cc1ccc(C)c(C(C)NC(=O)Cc2ccccc2[N+](=O)[O-])c1. The van der Waals surface area contributed by atoms with Gasteiger partial charge in [0.15, 0.2) is 0 Å². The number of hydrogen-bond acceptors (Lipinski definition) is 3. The van der Waals surface area contributed by atoms with E-state index in [9.17, 15) is 14.9 Å². The van der Waals surface area contributed by atoms with Crippen LogP contribution in [0.3, 0.4) is 0 Å². The van der Waals surface area contributed by atoms with Crippen molar-refractivity contribution >= 4 is 11.6 Å². The Bertz CT molecular complexity index is 741. The minimum Gasteiger partial charge on any atom is -0.349 e. The molecule has 0 saturated heterocycles. The van der Waals surface area contributed by atoms with E-state index in [4.69, 9.17) is 0 Å². The molecule has 1 atom stereocenters. The van der Waals surface area contributed by atoms with Gasteiger partial charge in [0, 0.05) is 11.6 Å². The fourth-order valence-corrected chi connectivity index (χ4v) is 2.61. The van der Waals surface area contributed by atoms with Crippen molar-refractivity contribution in [2.75, 3.05) is 0 Å². The van der Waals surface area contributed by atoms with Gasteiger partial charge < -0.3 is 5.32 Å². The van der Waals surface area contributed by atoms with E-state index in [-0.39, 0.29) is 24.1 Å². The number of carbonyl (C=O) groups is 1. The van der Waals surface area contributed by atoms with Gasteiger partial charge in [-0.25, -0.2) is 0 Å². The molecule has 0 aliphatic heterocycles. The molecule has 2 rings (SSSR count). The monoisotopic (exact) mass is 312 g/mol. The van der Waals surface area contributed by atoms with Crippen LogP contribution < -0.4 is 5.32 Å². The van der Waals surface area contributed by atoms with Gasteiger partial charge in [-0.2, -0.15) is 0 Å². The number of nitro groups is 1. The standard InChI is InChI=1S/C18H20N2O3/c1-12-8-9-13(2)16(10-12)14(3)19-18(21)11-15-6-4-5-7-17(15)20(22)23/h4-10,14H,11H2,1-3H3,(H,19,21). The Balaban J connectivity index is 2.11. The summed E-state index contributed by atoms with van der Waals surface area (Å²) in [5.74, 6) is -0.229. The summed E-state index contributed by atoms with van der Waals surface area (Å²) in [5, 5.41) is 13.9. The van der Waals surface area contributed by atoms with Crippen LogP contribution in [0.2, 0.25) is 0 Å². The highest BCUT2D eigenvalue weighted by molar-refractivity contribution is 5.80. The van der Waals surface area contributed by atoms with E-state index in [0.717, 1.165) is 16.7 Å². The second-order valence-corrected chi connectivity index (χ2v) is 5.71. The molecule has 0 radical (unpaired) electrons. The molecule has 0 fully saturated rings. The molecule has 5 heteroatoms. The number of amides is 1. The van der Waals surface area contributed by atoms with E-state index in [0.29, 0.717) is 5.56 Å². The third kappa shape index (κ3) is 4.16. The van der Waals surface area contributed by atoms with Gasteiger partial charge in [-0.3, -0.25) is 14.9 Å². The van der Waals surface area contributed by atoms with Gasteiger partial charge >= 0.3 is 0 Å². The topological polar surface area (TPSA) is 72.2 Å². The maximum absolute atomic E-state index is 12.2. The van der Waals surface area contributed by atoms with Crippen LogP contribution in [0.1, 0.15) is 35.2 Å². The van der Waals surface area contributed by atoms with E-state index >= 15 is 0 Å². The molecule has 0 aliphatic carbocycles. The molecule has 120 valence electrons. The summed E-state index contributed by atoms with van der Waals surface area (Å²) >= 11 is 0. The van der Waals surface area contributed by atoms with Crippen molar-refractivity contribution in [2.24, 2.45) is 0 Å². The summed E-state index contributed by atoms with van der Waals surface area (Å²) in [6.45, 7) is 5.92. The number of hydrogen-bond donors (Lipinski definition) is 1. The molecule has 1 N–H and O–H groups in total. The Morgan fingerprint density at radius 1 is 1.22 bits per heavy atom. The van der Waals surface area contributed by atoms with Crippen molar-refractivity contribution in [3.05, 3.63) is 74.8 Å². The fraction of sp³-hybridized carbons (Fsp3) is 0.278. The van der Waals surface area contributed by atoms with Crippen LogP contribution in [0.4, 0.5) is 5.69 Å². The van der Waals surface area contributed by atoms with Gasteiger partial charge in [0.25, 0.3) is 5.69 Å². The highest BCUT2D eigenvalue weighted by atomic mass is 16.6. The maximum Gasteiger partial charge on any atom is 0.273 e. The lowest BCUT2D eigenvalue weighted by Gasteiger charge is -2.17. The number of nitrogens with one attached hydrogen (secondary N) is 1. The lowest BCUT2D eigenvalue weighted by molar-refractivity contribution is -0.385. The highest BCUT2D eigenvalue weighted by Crippen LogP contribution is 2.21. The van der Waals surface area contributed by atoms with Crippen LogP contribution >= 0.6 is 0 Å².